The zero-order chi connectivity index (χ0) is 15.5. The minimum Gasteiger partial charge on any atom is -0.361 e. The van der Waals surface area contributed by atoms with Gasteiger partial charge in [0.1, 0.15) is 16.5 Å². The summed E-state index contributed by atoms with van der Waals surface area (Å²) in [5, 5.41) is 9.29. The number of benzene rings is 1. The van der Waals surface area contributed by atoms with E-state index in [9.17, 15) is 4.79 Å². The van der Waals surface area contributed by atoms with E-state index in [4.69, 9.17) is 4.52 Å². The van der Waals surface area contributed by atoms with Crippen molar-refractivity contribution in [3.63, 3.8) is 0 Å². The van der Waals surface area contributed by atoms with Gasteiger partial charge in [-0.2, -0.15) is 0 Å². The van der Waals surface area contributed by atoms with Crippen molar-refractivity contribution in [2.75, 3.05) is 0 Å². The number of nitrogens with zero attached hydrogens (tertiary/aromatic N) is 2. The Labute approximate surface area is 132 Å². The summed E-state index contributed by atoms with van der Waals surface area (Å²) >= 11 is 1.41. The molecule has 0 fully saturated rings. The molecule has 0 spiro atoms. The molecule has 1 N–H and O–H groups in total. The van der Waals surface area contributed by atoms with Gasteiger partial charge in [0.25, 0.3) is 5.91 Å². The minimum atomic E-state index is -0.182. The summed E-state index contributed by atoms with van der Waals surface area (Å²) < 4.78 is 5.14. The Kier molecular flexibility index (Phi) is 4.02. The molecule has 1 aromatic carbocycles. The Bertz CT molecular complexity index is 773. The number of amides is 1. The SMILES string of the molecule is Cc1noc(C)c1-c1nc(C(=O)NCc2ccccc2)cs1. The van der Waals surface area contributed by atoms with Crippen molar-refractivity contribution in [1.29, 1.82) is 0 Å². The van der Waals surface area contributed by atoms with Crippen LogP contribution in [-0.2, 0) is 6.54 Å². The Morgan fingerprint density at radius 1 is 1.27 bits per heavy atom. The van der Waals surface area contributed by atoms with Crippen LogP contribution in [0.1, 0.15) is 27.5 Å². The van der Waals surface area contributed by atoms with E-state index in [0.717, 1.165) is 21.8 Å². The van der Waals surface area contributed by atoms with Crippen LogP contribution in [0.15, 0.2) is 40.2 Å². The molecule has 5 nitrogen and oxygen atoms in total. The van der Waals surface area contributed by atoms with Gasteiger partial charge >= 0.3 is 0 Å². The fraction of sp³-hybridized carbons (Fsp3) is 0.188. The van der Waals surface area contributed by atoms with Crippen molar-refractivity contribution in [2.45, 2.75) is 20.4 Å². The molecule has 1 amide bonds. The number of aromatic nitrogens is 2. The third kappa shape index (κ3) is 2.92. The number of hydrogen-bond acceptors (Lipinski definition) is 5. The summed E-state index contributed by atoms with van der Waals surface area (Å²) in [5.41, 5.74) is 3.11. The van der Waals surface area contributed by atoms with Gasteiger partial charge in [0.05, 0.1) is 11.3 Å². The van der Waals surface area contributed by atoms with Gasteiger partial charge in [-0.15, -0.1) is 11.3 Å². The smallest absolute Gasteiger partial charge is 0.271 e. The van der Waals surface area contributed by atoms with E-state index in [-0.39, 0.29) is 5.91 Å². The van der Waals surface area contributed by atoms with E-state index in [2.05, 4.69) is 15.5 Å². The molecule has 0 saturated heterocycles. The van der Waals surface area contributed by atoms with Gasteiger partial charge in [-0.05, 0) is 19.4 Å². The molecule has 0 radical (unpaired) electrons. The van der Waals surface area contributed by atoms with Crippen molar-refractivity contribution < 1.29 is 9.32 Å². The molecule has 0 saturated carbocycles. The second-order valence-corrected chi connectivity index (χ2v) is 5.76. The largest absolute Gasteiger partial charge is 0.361 e. The lowest BCUT2D eigenvalue weighted by Gasteiger charge is -2.02. The average molecular weight is 313 g/mol. The lowest BCUT2D eigenvalue weighted by atomic mass is 10.2. The number of nitrogens with one attached hydrogen (secondary N) is 1. The maximum absolute atomic E-state index is 12.2. The fourth-order valence-electron chi connectivity index (χ4n) is 2.15. The second kappa shape index (κ2) is 6.11. The van der Waals surface area contributed by atoms with Gasteiger partial charge in [-0.3, -0.25) is 4.79 Å². The molecule has 0 aliphatic carbocycles. The maximum Gasteiger partial charge on any atom is 0.271 e. The zero-order valence-corrected chi connectivity index (χ0v) is 13.1. The Hall–Kier alpha value is -2.47. The van der Waals surface area contributed by atoms with Crippen LogP contribution >= 0.6 is 11.3 Å². The first-order chi connectivity index (χ1) is 10.6. The van der Waals surface area contributed by atoms with Crippen LogP contribution in [0.25, 0.3) is 10.6 Å². The Morgan fingerprint density at radius 3 is 2.73 bits per heavy atom. The third-order valence-corrected chi connectivity index (χ3v) is 4.14. The summed E-state index contributed by atoms with van der Waals surface area (Å²) in [7, 11) is 0. The molecule has 0 atom stereocenters. The highest BCUT2D eigenvalue weighted by Gasteiger charge is 2.17. The molecule has 3 aromatic rings. The number of aryl methyl sites for hydroxylation is 2. The maximum atomic E-state index is 12.2. The van der Waals surface area contributed by atoms with Crippen molar-refractivity contribution in [3.8, 4) is 10.6 Å². The average Bonchev–Trinajstić information content (AvgIpc) is 3.13. The van der Waals surface area contributed by atoms with Crippen LogP contribution in [0.5, 0.6) is 0 Å². The van der Waals surface area contributed by atoms with E-state index in [0.29, 0.717) is 18.0 Å². The molecule has 0 unspecified atom stereocenters. The molecule has 22 heavy (non-hydrogen) atoms. The lowest BCUT2D eigenvalue weighted by molar-refractivity contribution is 0.0946. The van der Waals surface area contributed by atoms with Gasteiger partial charge in [-0.25, -0.2) is 4.98 Å². The zero-order valence-electron chi connectivity index (χ0n) is 12.3. The number of hydrogen-bond donors (Lipinski definition) is 1. The summed E-state index contributed by atoms with van der Waals surface area (Å²) in [6.45, 7) is 4.19. The fourth-order valence-corrected chi connectivity index (χ4v) is 3.09. The normalized spacial score (nSPS) is 10.6. The van der Waals surface area contributed by atoms with Gasteiger partial charge in [-0.1, -0.05) is 35.5 Å². The molecule has 3 rings (SSSR count). The second-order valence-electron chi connectivity index (χ2n) is 4.91. The van der Waals surface area contributed by atoms with Crippen LogP contribution in [0.4, 0.5) is 0 Å². The van der Waals surface area contributed by atoms with Gasteiger partial charge in [0.15, 0.2) is 0 Å². The number of thiazole rings is 1. The summed E-state index contributed by atoms with van der Waals surface area (Å²) in [5.74, 6) is 0.529. The summed E-state index contributed by atoms with van der Waals surface area (Å²) in [6.07, 6.45) is 0. The van der Waals surface area contributed by atoms with Crippen LogP contribution in [0.2, 0.25) is 0 Å². The highest BCUT2D eigenvalue weighted by atomic mass is 32.1. The topological polar surface area (TPSA) is 68.0 Å². The van der Waals surface area contributed by atoms with Crippen LogP contribution in [0.3, 0.4) is 0 Å². The van der Waals surface area contributed by atoms with E-state index < -0.39 is 0 Å². The molecule has 6 heteroatoms. The van der Waals surface area contributed by atoms with Crippen LogP contribution in [-0.4, -0.2) is 16.0 Å². The number of carbonyl (C=O) groups excluding carboxylic acids is 1. The molecule has 0 aliphatic heterocycles. The summed E-state index contributed by atoms with van der Waals surface area (Å²) in [6, 6.07) is 9.77. The number of carbonyl (C=O) groups is 1. The van der Waals surface area contributed by atoms with E-state index in [1.165, 1.54) is 11.3 Å². The van der Waals surface area contributed by atoms with Crippen molar-refractivity contribution in [3.05, 3.63) is 58.4 Å². The van der Waals surface area contributed by atoms with Gasteiger partial charge in [0.2, 0.25) is 0 Å². The minimum absolute atomic E-state index is 0.182. The lowest BCUT2D eigenvalue weighted by Crippen LogP contribution is -2.23. The van der Waals surface area contributed by atoms with Crippen molar-refractivity contribution in [1.82, 2.24) is 15.5 Å². The standard InChI is InChI=1S/C16H15N3O2S/c1-10-14(11(2)21-19-10)16-18-13(9-22-16)15(20)17-8-12-6-4-3-5-7-12/h3-7,9H,8H2,1-2H3,(H,17,20). The monoisotopic (exact) mass is 313 g/mol. The molecule has 2 aromatic heterocycles. The molecular weight excluding hydrogens is 298 g/mol. The van der Waals surface area contributed by atoms with Gasteiger partial charge in [0, 0.05) is 11.9 Å². The van der Waals surface area contributed by atoms with Crippen molar-refractivity contribution >= 4 is 17.2 Å². The first-order valence-electron chi connectivity index (χ1n) is 6.86. The van der Waals surface area contributed by atoms with Crippen LogP contribution < -0.4 is 5.32 Å². The third-order valence-electron chi connectivity index (χ3n) is 3.28. The number of rotatable bonds is 4. The quantitative estimate of drug-likeness (QED) is 0.802. The predicted molar refractivity (Wildman–Crippen MR) is 84.7 cm³/mol. The van der Waals surface area contributed by atoms with E-state index in [1.807, 2.05) is 44.2 Å². The molecule has 112 valence electrons. The molecular formula is C16H15N3O2S. The molecule has 2 heterocycles. The molecule has 0 bridgehead atoms. The predicted octanol–water partition coefficient (Wildman–Crippen LogP) is 3.34. The first-order valence-corrected chi connectivity index (χ1v) is 7.74. The summed E-state index contributed by atoms with van der Waals surface area (Å²) in [4.78, 5) is 16.6. The molecule has 0 aliphatic rings. The highest BCUT2D eigenvalue weighted by Crippen LogP contribution is 2.29. The van der Waals surface area contributed by atoms with Gasteiger partial charge < -0.3 is 9.84 Å². The first kappa shape index (κ1) is 14.5. The Morgan fingerprint density at radius 2 is 2.05 bits per heavy atom. The van der Waals surface area contributed by atoms with Crippen LogP contribution in [0, 0.1) is 13.8 Å². The Balaban J connectivity index is 1.72. The van der Waals surface area contributed by atoms with Crippen molar-refractivity contribution in [2.24, 2.45) is 0 Å². The van der Waals surface area contributed by atoms with E-state index >= 15 is 0 Å². The van der Waals surface area contributed by atoms with E-state index in [1.54, 1.807) is 5.38 Å². The highest BCUT2D eigenvalue weighted by molar-refractivity contribution is 7.13.